The van der Waals surface area contributed by atoms with E-state index in [0.717, 1.165) is 30.1 Å². The summed E-state index contributed by atoms with van der Waals surface area (Å²) in [5, 5.41) is 0. The Hall–Kier alpha value is -0.970. The van der Waals surface area contributed by atoms with Gasteiger partial charge in [-0.25, -0.2) is 8.78 Å². The molecule has 0 aliphatic carbocycles. The van der Waals surface area contributed by atoms with E-state index in [0.29, 0.717) is 0 Å². The molecule has 1 aromatic carbocycles. The molecule has 1 heterocycles. The number of nitrogen functional groups attached to an aromatic ring is 1. The molecule has 0 aromatic heterocycles. The minimum Gasteiger partial charge on any atom is -0.399 e. The van der Waals surface area contributed by atoms with Crippen LogP contribution in [0.25, 0.3) is 0 Å². The zero-order chi connectivity index (χ0) is 11.7. The number of hydrogen-bond donors (Lipinski definition) is 1. The maximum absolute atomic E-state index is 13.6. The van der Waals surface area contributed by atoms with Crippen molar-refractivity contribution in [3.63, 3.8) is 0 Å². The van der Waals surface area contributed by atoms with Crippen LogP contribution in [-0.2, 0) is 0 Å². The van der Waals surface area contributed by atoms with Crippen LogP contribution >= 0.6 is 11.8 Å². The van der Waals surface area contributed by atoms with E-state index in [1.165, 1.54) is 0 Å². The third-order valence-electron chi connectivity index (χ3n) is 2.85. The summed E-state index contributed by atoms with van der Waals surface area (Å²) in [7, 11) is 1.73. The molecule has 0 saturated carbocycles. The molecule has 1 saturated heterocycles. The fraction of sp³-hybridized carbons (Fsp3) is 0.455. The van der Waals surface area contributed by atoms with Gasteiger partial charge in [-0.1, -0.05) is 0 Å². The van der Waals surface area contributed by atoms with Gasteiger partial charge in [0.15, 0.2) is 11.6 Å². The minimum absolute atomic E-state index is 0.0294. The van der Waals surface area contributed by atoms with Gasteiger partial charge in [-0.2, -0.15) is 11.8 Å². The predicted octanol–water partition coefficient (Wildman–Crippen LogP) is 2.49. The van der Waals surface area contributed by atoms with E-state index in [2.05, 4.69) is 0 Å². The molecule has 2 nitrogen and oxygen atoms in total. The van der Waals surface area contributed by atoms with Crippen molar-refractivity contribution in [1.29, 1.82) is 0 Å². The van der Waals surface area contributed by atoms with Crippen LogP contribution in [0.5, 0.6) is 0 Å². The Morgan fingerprint density at radius 2 is 2.00 bits per heavy atom. The summed E-state index contributed by atoms with van der Waals surface area (Å²) in [5.74, 6) is 0.793. The zero-order valence-corrected chi connectivity index (χ0v) is 9.86. The van der Waals surface area contributed by atoms with Gasteiger partial charge in [-0.3, -0.25) is 0 Å². The molecule has 5 heteroatoms. The highest BCUT2D eigenvalue weighted by Gasteiger charge is 2.24. The number of thioether (sulfide) groups is 1. The quantitative estimate of drug-likeness (QED) is 0.810. The summed E-state index contributed by atoms with van der Waals surface area (Å²) >= 11 is 1.81. The van der Waals surface area contributed by atoms with Crippen LogP contribution in [0.2, 0.25) is 0 Å². The van der Waals surface area contributed by atoms with Crippen molar-refractivity contribution in [2.75, 3.05) is 29.2 Å². The van der Waals surface area contributed by atoms with Gasteiger partial charge < -0.3 is 10.6 Å². The predicted molar refractivity (Wildman–Crippen MR) is 64.9 cm³/mol. The Labute approximate surface area is 97.8 Å². The normalized spacial score (nSPS) is 20.1. The summed E-state index contributed by atoms with van der Waals surface area (Å²) in [6.07, 6.45) is 0.963. The molecule has 1 fully saturated rings. The number of anilines is 2. The summed E-state index contributed by atoms with van der Waals surface area (Å²) in [5.41, 5.74) is 5.53. The first-order chi connectivity index (χ1) is 7.59. The van der Waals surface area contributed by atoms with Crippen LogP contribution in [-0.4, -0.2) is 24.6 Å². The highest BCUT2D eigenvalue weighted by atomic mass is 32.2. The third-order valence-corrected chi connectivity index (χ3v) is 3.99. The number of nitrogens with zero attached hydrogens (tertiary/aromatic N) is 1. The van der Waals surface area contributed by atoms with Crippen LogP contribution in [0.15, 0.2) is 12.1 Å². The molecule has 2 N–H and O–H groups in total. The minimum atomic E-state index is -0.586. The Bertz CT molecular complexity index is 369. The highest BCUT2D eigenvalue weighted by Crippen LogP contribution is 2.30. The van der Waals surface area contributed by atoms with E-state index in [9.17, 15) is 8.78 Å². The van der Waals surface area contributed by atoms with Crippen LogP contribution in [0.4, 0.5) is 20.2 Å². The van der Waals surface area contributed by atoms with E-state index < -0.39 is 11.6 Å². The number of rotatable bonds is 2. The van der Waals surface area contributed by atoms with E-state index in [4.69, 9.17) is 5.73 Å². The molecule has 0 amide bonds. The Morgan fingerprint density at radius 3 is 2.50 bits per heavy atom. The second-order valence-corrected chi connectivity index (χ2v) is 5.11. The monoisotopic (exact) mass is 244 g/mol. The second kappa shape index (κ2) is 4.49. The molecule has 1 unspecified atom stereocenters. The fourth-order valence-electron chi connectivity index (χ4n) is 1.93. The van der Waals surface area contributed by atoms with Crippen LogP contribution in [0.1, 0.15) is 6.42 Å². The molecule has 88 valence electrons. The Balaban J connectivity index is 2.31. The Morgan fingerprint density at radius 1 is 1.38 bits per heavy atom. The maximum atomic E-state index is 13.6. The first kappa shape index (κ1) is 11.5. The first-order valence-electron chi connectivity index (χ1n) is 5.14. The van der Waals surface area contributed by atoms with Crippen LogP contribution < -0.4 is 10.6 Å². The molecule has 1 aliphatic rings. The third kappa shape index (κ3) is 2.09. The second-order valence-electron chi connectivity index (χ2n) is 3.96. The lowest BCUT2D eigenvalue weighted by atomic mass is 10.2. The highest BCUT2D eigenvalue weighted by molar-refractivity contribution is 7.99. The number of halogens is 2. The lowest BCUT2D eigenvalue weighted by Gasteiger charge is -2.26. The summed E-state index contributed by atoms with van der Waals surface area (Å²) in [6, 6.07) is 2.53. The molecule has 0 bridgehead atoms. The molecule has 2 rings (SSSR count). The molecular formula is C11H14F2N2S. The molecule has 1 aromatic rings. The largest absolute Gasteiger partial charge is 0.399 e. The molecule has 16 heavy (non-hydrogen) atoms. The molecule has 0 spiro atoms. The average molecular weight is 244 g/mol. The van der Waals surface area contributed by atoms with Gasteiger partial charge in [0, 0.05) is 24.5 Å². The number of nitrogens with two attached hydrogens (primary N) is 1. The lowest BCUT2D eigenvalue weighted by Crippen LogP contribution is -2.32. The van der Waals surface area contributed by atoms with Gasteiger partial charge in [0.05, 0.1) is 0 Å². The molecular weight excluding hydrogens is 230 g/mol. The van der Waals surface area contributed by atoms with E-state index >= 15 is 0 Å². The van der Waals surface area contributed by atoms with Crippen molar-refractivity contribution in [3.05, 3.63) is 23.8 Å². The standard InChI is InChI=1S/C11H14F2N2S/c1-15(8-2-3-16-6-8)11-9(12)4-7(14)5-10(11)13/h4-5,8H,2-3,6,14H2,1H3. The summed E-state index contributed by atoms with van der Waals surface area (Å²) < 4.78 is 27.3. The topological polar surface area (TPSA) is 29.3 Å². The van der Waals surface area contributed by atoms with E-state index in [1.807, 2.05) is 11.8 Å². The number of benzene rings is 1. The van der Waals surface area contributed by atoms with Crippen molar-refractivity contribution in [3.8, 4) is 0 Å². The molecule has 1 aliphatic heterocycles. The maximum Gasteiger partial charge on any atom is 0.151 e. The SMILES string of the molecule is CN(c1c(F)cc(N)cc1F)C1CCSC1. The first-order valence-corrected chi connectivity index (χ1v) is 6.30. The van der Waals surface area contributed by atoms with Crippen LogP contribution in [0, 0.1) is 11.6 Å². The molecule has 1 atom stereocenters. The van der Waals surface area contributed by atoms with Crippen molar-refractivity contribution in [2.45, 2.75) is 12.5 Å². The van der Waals surface area contributed by atoms with Gasteiger partial charge in [-0.15, -0.1) is 0 Å². The van der Waals surface area contributed by atoms with Gasteiger partial charge >= 0.3 is 0 Å². The van der Waals surface area contributed by atoms with Gasteiger partial charge in [-0.05, 0) is 24.3 Å². The molecule has 0 radical (unpaired) electrons. The fourth-order valence-corrected chi connectivity index (χ4v) is 3.20. The van der Waals surface area contributed by atoms with E-state index in [-0.39, 0.29) is 17.4 Å². The van der Waals surface area contributed by atoms with Gasteiger partial charge in [0.1, 0.15) is 5.69 Å². The Kier molecular flexibility index (Phi) is 3.23. The van der Waals surface area contributed by atoms with Crippen molar-refractivity contribution >= 4 is 23.1 Å². The van der Waals surface area contributed by atoms with Crippen molar-refractivity contribution in [2.24, 2.45) is 0 Å². The van der Waals surface area contributed by atoms with Crippen molar-refractivity contribution in [1.82, 2.24) is 0 Å². The van der Waals surface area contributed by atoms with Crippen molar-refractivity contribution < 1.29 is 8.78 Å². The van der Waals surface area contributed by atoms with E-state index in [1.54, 1.807) is 11.9 Å². The summed E-state index contributed by atoms with van der Waals surface area (Å²) in [4.78, 5) is 1.68. The van der Waals surface area contributed by atoms with Gasteiger partial charge in [0.2, 0.25) is 0 Å². The van der Waals surface area contributed by atoms with Gasteiger partial charge in [0.25, 0.3) is 0 Å². The lowest BCUT2D eigenvalue weighted by molar-refractivity contribution is 0.563. The smallest absolute Gasteiger partial charge is 0.151 e. The number of hydrogen-bond acceptors (Lipinski definition) is 3. The zero-order valence-electron chi connectivity index (χ0n) is 9.04. The average Bonchev–Trinajstić information content (AvgIpc) is 2.67. The van der Waals surface area contributed by atoms with Crippen LogP contribution in [0.3, 0.4) is 0 Å². The summed E-state index contributed by atoms with van der Waals surface area (Å²) in [6.45, 7) is 0.